The van der Waals surface area contributed by atoms with E-state index in [1.807, 2.05) is 25.6 Å². The van der Waals surface area contributed by atoms with Gasteiger partial charge in [-0.25, -0.2) is 0 Å². The fraction of sp³-hybridized carbons (Fsp3) is 0.941. The lowest BCUT2D eigenvalue weighted by molar-refractivity contribution is -0.126. The van der Waals surface area contributed by atoms with Crippen molar-refractivity contribution in [2.24, 2.45) is 5.92 Å². The molecule has 2 aliphatic rings. The number of nitrogens with one attached hydrogen (secondary N) is 2. The van der Waals surface area contributed by atoms with Crippen LogP contribution in [0.15, 0.2) is 0 Å². The van der Waals surface area contributed by atoms with Crippen LogP contribution in [0.2, 0.25) is 0 Å². The number of carbonyl (C=O) groups excluding carboxylic acids is 1. The molecule has 0 aromatic heterocycles. The van der Waals surface area contributed by atoms with Crippen LogP contribution in [-0.4, -0.2) is 35.5 Å². The maximum absolute atomic E-state index is 12.2. The van der Waals surface area contributed by atoms with Crippen molar-refractivity contribution in [3.63, 3.8) is 0 Å². The van der Waals surface area contributed by atoms with Gasteiger partial charge in [0, 0.05) is 29.3 Å². The zero-order valence-electron chi connectivity index (χ0n) is 13.9. The molecule has 0 heterocycles. The summed E-state index contributed by atoms with van der Waals surface area (Å²) in [7, 11) is 0. The van der Waals surface area contributed by atoms with E-state index in [9.17, 15) is 4.79 Å². The van der Waals surface area contributed by atoms with E-state index in [2.05, 4.69) is 16.9 Å². The Hall–Kier alpha value is -0.220. The van der Waals surface area contributed by atoms with Crippen molar-refractivity contribution in [3.8, 4) is 0 Å². The topological polar surface area (TPSA) is 41.1 Å². The van der Waals surface area contributed by atoms with Crippen molar-refractivity contribution in [2.75, 3.05) is 6.26 Å². The molecule has 3 nitrogen and oxygen atoms in total. The molecule has 0 saturated heterocycles. The standard InChI is InChI=1S/C17H32N2OS/c1-12(2)18-17(20)13-7-6-8-14(11-13)19-15-9-4-5-10-16(15)21-3/h12-16,19H,4-11H2,1-3H3,(H,18,20)/t13-,14-,15+,16-/m1/s1. The largest absolute Gasteiger partial charge is 0.354 e. The third kappa shape index (κ3) is 5.17. The molecule has 0 spiro atoms. The second-order valence-corrected chi connectivity index (χ2v) is 8.13. The summed E-state index contributed by atoms with van der Waals surface area (Å²) >= 11 is 2.02. The van der Waals surface area contributed by atoms with Gasteiger partial charge in [0.05, 0.1) is 0 Å². The second-order valence-electron chi connectivity index (χ2n) is 7.06. The van der Waals surface area contributed by atoms with Gasteiger partial charge in [0.15, 0.2) is 0 Å². The number of carbonyl (C=O) groups is 1. The molecular weight excluding hydrogens is 280 g/mol. The highest BCUT2D eigenvalue weighted by atomic mass is 32.2. The quantitative estimate of drug-likeness (QED) is 0.818. The van der Waals surface area contributed by atoms with Crippen molar-refractivity contribution in [2.45, 2.75) is 88.6 Å². The lowest BCUT2D eigenvalue weighted by atomic mass is 9.83. The monoisotopic (exact) mass is 312 g/mol. The zero-order valence-corrected chi connectivity index (χ0v) is 14.7. The van der Waals surface area contributed by atoms with Crippen LogP contribution in [0.25, 0.3) is 0 Å². The molecule has 0 aliphatic heterocycles. The second kappa shape index (κ2) is 8.42. The van der Waals surface area contributed by atoms with Crippen LogP contribution < -0.4 is 10.6 Å². The van der Waals surface area contributed by atoms with Gasteiger partial charge in [-0.15, -0.1) is 0 Å². The Bertz CT molecular complexity index is 335. The van der Waals surface area contributed by atoms with E-state index in [4.69, 9.17) is 0 Å². The zero-order chi connectivity index (χ0) is 15.2. The number of hydrogen-bond donors (Lipinski definition) is 2. The molecule has 21 heavy (non-hydrogen) atoms. The maximum Gasteiger partial charge on any atom is 0.223 e. The Balaban J connectivity index is 1.84. The number of hydrogen-bond acceptors (Lipinski definition) is 3. The van der Waals surface area contributed by atoms with Crippen LogP contribution in [0.4, 0.5) is 0 Å². The third-order valence-corrected chi connectivity index (χ3v) is 6.10. The summed E-state index contributed by atoms with van der Waals surface area (Å²) < 4.78 is 0. The molecule has 0 aromatic rings. The van der Waals surface area contributed by atoms with E-state index >= 15 is 0 Å². The highest BCUT2D eigenvalue weighted by molar-refractivity contribution is 7.99. The molecule has 0 radical (unpaired) electrons. The van der Waals surface area contributed by atoms with Crippen LogP contribution in [0.3, 0.4) is 0 Å². The van der Waals surface area contributed by atoms with Crippen molar-refractivity contribution < 1.29 is 4.79 Å². The molecule has 0 aromatic carbocycles. The molecule has 122 valence electrons. The number of amides is 1. The first-order chi connectivity index (χ1) is 10.1. The van der Waals surface area contributed by atoms with E-state index < -0.39 is 0 Å². The van der Waals surface area contributed by atoms with Gasteiger partial charge in [-0.3, -0.25) is 4.79 Å². The van der Waals surface area contributed by atoms with Crippen LogP contribution in [0, 0.1) is 5.92 Å². The SMILES string of the molecule is CS[C@@H]1CCCC[C@@H]1N[C@@H]1CCC[C@@H](C(=O)NC(C)C)C1. The van der Waals surface area contributed by atoms with E-state index in [1.54, 1.807) is 0 Å². The Morgan fingerprint density at radius 2 is 1.86 bits per heavy atom. The van der Waals surface area contributed by atoms with E-state index in [0.717, 1.165) is 18.1 Å². The smallest absolute Gasteiger partial charge is 0.223 e. The summed E-state index contributed by atoms with van der Waals surface area (Å²) in [6.45, 7) is 4.09. The molecule has 2 rings (SSSR count). The van der Waals surface area contributed by atoms with Crippen LogP contribution in [0.1, 0.15) is 65.2 Å². The normalized spacial score (nSPS) is 33.9. The summed E-state index contributed by atoms with van der Waals surface area (Å²) in [6, 6.07) is 1.45. The van der Waals surface area contributed by atoms with Crippen molar-refractivity contribution in [1.29, 1.82) is 0 Å². The average Bonchev–Trinajstić information content (AvgIpc) is 2.47. The predicted molar refractivity (Wildman–Crippen MR) is 91.7 cm³/mol. The Kier molecular flexibility index (Phi) is 6.87. The third-order valence-electron chi connectivity index (χ3n) is 4.93. The molecule has 0 bridgehead atoms. The van der Waals surface area contributed by atoms with E-state index in [0.29, 0.717) is 12.1 Å². The molecule has 4 heteroatoms. The Labute approximate surface area is 134 Å². The molecule has 4 atom stereocenters. The van der Waals surface area contributed by atoms with Crippen LogP contribution in [0.5, 0.6) is 0 Å². The minimum atomic E-state index is 0.218. The number of thioether (sulfide) groups is 1. The van der Waals surface area contributed by atoms with Crippen molar-refractivity contribution in [3.05, 3.63) is 0 Å². The minimum Gasteiger partial charge on any atom is -0.354 e. The predicted octanol–water partition coefficient (Wildman–Crippen LogP) is 3.33. The molecule has 2 aliphatic carbocycles. The van der Waals surface area contributed by atoms with Gasteiger partial charge in [0.1, 0.15) is 0 Å². The molecule has 2 saturated carbocycles. The molecule has 2 fully saturated rings. The molecule has 0 unspecified atom stereocenters. The Morgan fingerprint density at radius 1 is 1.10 bits per heavy atom. The van der Waals surface area contributed by atoms with Gasteiger partial charge < -0.3 is 10.6 Å². The average molecular weight is 313 g/mol. The van der Waals surface area contributed by atoms with Gasteiger partial charge in [0.25, 0.3) is 0 Å². The highest BCUT2D eigenvalue weighted by Gasteiger charge is 2.31. The summed E-state index contributed by atoms with van der Waals surface area (Å²) in [4.78, 5) is 12.2. The first kappa shape index (κ1) is 17.1. The van der Waals surface area contributed by atoms with Crippen LogP contribution >= 0.6 is 11.8 Å². The highest BCUT2D eigenvalue weighted by Crippen LogP contribution is 2.30. The van der Waals surface area contributed by atoms with Gasteiger partial charge in [-0.05, 0) is 52.2 Å². The molecule has 2 N–H and O–H groups in total. The van der Waals surface area contributed by atoms with Gasteiger partial charge >= 0.3 is 0 Å². The fourth-order valence-electron chi connectivity index (χ4n) is 3.85. The lowest BCUT2D eigenvalue weighted by Crippen LogP contribution is -2.49. The van der Waals surface area contributed by atoms with E-state index in [1.165, 1.54) is 38.5 Å². The first-order valence-corrected chi connectivity index (χ1v) is 9.98. The molecule has 1 amide bonds. The first-order valence-electron chi connectivity index (χ1n) is 8.69. The minimum absolute atomic E-state index is 0.218. The van der Waals surface area contributed by atoms with Crippen molar-refractivity contribution in [1.82, 2.24) is 10.6 Å². The fourth-order valence-corrected chi connectivity index (χ4v) is 4.80. The van der Waals surface area contributed by atoms with Crippen LogP contribution in [-0.2, 0) is 4.79 Å². The van der Waals surface area contributed by atoms with Gasteiger partial charge in [0.2, 0.25) is 5.91 Å². The maximum atomic E-state index is 12.2. The Morgan fingerprint density at radius 3 is 2.57 bits per heavy atom. The lowest BCUT2D eigenvalue weighted by Gasteiger charge is -2.37. The van der Waals surface area contributed by atoms with Gasteiger partial charge in [-0.1, -0.05) is 19.3 Å². The summed E-state index contributed by atoms with van der Waals surface area (Å²) in [5, 5.41) is 7.75. The molecular formula is C17H32N2OS. The van der Waals surface area contributed by atoms with E-state index in [-0.39, 0.29) is 17.9 Å². The summed E-state index contributed by atoms with van der Waals surface area (Å²) in [5.41, 5.74) is 0. The van der Waals surface area contributed by atoms with Gasteiger partial charge in [-0.2, -0.15) is 11.8 Å². The number of rotatable bonds is 5. The summed E-state index contributed by atoms with van der Waals surface area (Å²) in [5.74, 6) is 0.483. The van der Waals surface area contributed by atoms with Crippen molar-refractivity contribution >= 4 is 17.7 Å². The summed E-state index contributed by atoms with van der Waals surface area (Å²) in [6.07, 6.45) is 12.2.